The highest BCUT2D eigenvalue weighted by molar-refractivity contribution is 7.99. The molecule has 6 nitrogen and oxygen atoms in total. The molecule has 3 rings (SSSR count). The first-order valence-electron chi connectivity index (χ1n) is 7.57. The number of fused-ring (bicyclic) bond motifs is 1. The van der Waals surface area contributed by atoms with E-state index < -0.39 is 0 Å². The molecule has 1 atom stereocenters. The molecule has 1 unspecified atom stereocenters. The summed E-state index contributed by atoms with van der Waals surface area (Å²) < 4.78 is 1.63. The van der Waals surface area contributed by atoms with E-state index in [0.29, 0.717) is 17.4 Å². The van der Waals surface area contributed by atoms with Crippen LogP contribution < -0.4 is 5.56 Å². The third-order valence-electron chi connectivity index (χ3n) is 3.74. The Morgan fingerprint density at radius 1 is 1.35 bits per heavy atom. The molecule has 23 heavy (non-hydrogen) atoms. The largest absolute Gasteiger partial charge is 0.396 e. The minimum Gasteiger partial charge on any atom is -0.396 e. The van der Waals surface area contributed by atoms with Gasteiger partial charge in [-0.05, 0) is 0 Å². The molecule has 0 fully saturated rings. The van der Waals surface area contributed by atoms with E-state index in [0.717, 1.165) is 17.1 Å². The van der Waals surface area contributed by atoms with Gasteiger partial charge in [-0.15, -0.1) is 0 Å². The summed E-state index contributed by atoms with van der Waals surface area (Å²) in [5.41, 5.74) is 1.12. The van der Waals surface area contributed by atoms with Crippen molar-refractivity contribution in [2.24, 2.45) is 5.92 Å². The molecule has 1 aliphatic heterocycles. The Bertz CT molecular complexity index is 765. The summed E-state index contributed by atoms with van der Waals surface area (Å²) in [6, 6.07) is 1.51. The second-order valence-corrected chi connectivity index (χ2v) is 7.76. The smallest absolute Gasteiger partial charge is 0.254 e. The number of thioether (sulfide) groups is 1. The molecule has 0 saturated carbocycles. The molecule has 0 spiro atoms. The van der Waals surface area contributed by atoms with Gasteiger partial charge in [0, 0.05) is 54.3 Å². The van der Waals surface area contributed by atoms with Crippen LogP contribution in [0.5, 0.6) is 0 Å². The van der Waals surface area contributed by atoms with E-state index in [9.17, 15) is 9.90 Å². The fraction of sp³-hybridized carbons (Fsp3) is 0.500. The van der Waals surface area contributed by atoms with E-state index in [1.54, 1.807) is 17.0 Å². The maximum Gasteiger partial charge on any atom is 0.254 e. The topological polar surface area (TPSA) is 80.9 Å². The monoisotopic (exact) mass is 332 g/mol. The van der Waals surface area contributed by atoms with Crippen LogP contribution in [0.15, 0.2) is 28.4 Å². The van der Waals surface area contributed by atoms with Gasteiger partial charge in [-0.2, -0.15) is 0 Å². The molecule has 7 heteroatoms. The number of nitrogens with zero attached hydrogens (tertiary/aromatic N) is 4. The van der Waals surface area contributed by atoms with Gasteiger partial charge < -0.3 is 5.11 Å². The molecule has 0 saturated heterocycles. The Hall–Kier alpha value is -1.73. The number of hydrogen-bond donors (Lipinski definition) is 1. The summed E-state index contributed by atoms with van der Waals surface area (Å²) >= 11 is 1.50. The van der Waals surface area contributed by atoms with E-state index in [1.807, 2.05) is 0 Å². The van der Waals surface area contributed by atoms with Crippen molar-refractivity contribution < 1.29 is 5.11 Å². The molecule has 0 amide bonds. The third-order valence-corrected chi connectivity index (χ3v) is 4.95. The lowest BCUT2D eigenvalue weighted by atomic mass is 9.96. The van der Waals surface area contributed by atoms with Crippen molar-refractivity contribution in [1.29, 1.82) is 0 Å². The Morgan fingerprint density at radius 2 is 2.04 bits per heavy atom. The van der Waals surface area contributed by atoms with Crippen LogP contribution in [-0.2, 0) is 12.0 Å². The molecule has 2 aromatic heterocycles. The van der Waals surface area contributed by atoms with Crippen molar-refractivity contribution in [2.75, 3.05) is 12.4 Å². The molecule has 122 valence electrons. The van der Waals surface area contributed by atoms with Crippen LogP contribution >= 0.6 is 11.8 Å². The predicted molar refractivity (Wildman–Crippen MR) is 89.5 cm³/mol. The maximum atomic E-state index is 12.3. The van der Waals surface area contributed by atoms with Crippen LogP contribution in [0.2, 0.25) is 0 Å². The van der Waals surface area contributed by atoms with Crippen molar-refractivity contribution in [3.63, 3.8) is 0 Å². The highest BCUT2D eigenvalue weighted by atomic mass is 32.2. The van der Waals surface area contributed by atoms with Gasteiger partial charge in [0.2, 0.25) is 0 Å². The summed E-state index contributed by atoms with van der Waals surface area (Å²) in [5.74, 6) is 1.63. The minimum absolute atomic E-state index is 0.0860. The molecule has 0 aliphatic carbocycles. The van der Waals surface area contributed by atoms with Crippen LogP contribution in [0.3, 0.4) is 0 Å². The van der Waals surface area contributed by atoms with E-state index in [-0.39, 0.29) is 23.5 Å². The van der Waals surface area contributed by atoms with E-state index in [1.165, 1.54) is 17.8 Å². The van der Waals surface area contributed by atoms with Gasteiger partial charge in [-0.1, -0.05) is 32.5 Å². The van der Waals surface area contributed by atoms with E-state index >= 15 is 0 Å². The second kappa shape index (κ2) is 6.05. The van der Waals surface area contributed by atoms with Crippen molar-refractivity contribution in [3.8, 4) is 11.3 Å². The van der Waals surface area contributed by atoms with Crippen LogP contribution in [0.1, 0.15) is 26.6 Å². The van der Waals surface area contributed by atoms with Gasteiger partial charge in [0.05, 0.1) is 5.69 Å². The maximum absolute atomic E-state index is 12.3. The van der Waals surface area contributed by atoms with Crippen LogP contribution in [0.25, 0.3) is 11.3 Å². The van der Waals surface area contributed by atoms with Crippen LogP contribution in [-0.4, -0.2) is 37.0 Å². The molecule has 0 bridgehead atoms. The fourth-order valence-electron chi connectivity index (χ4n) is 2.37. The number of aromatic nitrogens is 4. The van der Waals surface area contributed by atoms with Gasteiger partial charge in [0.15, 0.2) is 5.16 Å². The summed E-state index contributed by atoms with van der Waals surface area (Å²) in [7, 11) is 0. The summed E-state index contributed by atoms with van der Waals surface area (Å²) in [6.45, 7) is 6.77. The zero-order chi connectivity index (χ0) is 16.6. The summed E-state index contributed by atoms with van der Waals surface area (Å²) in [5, 5.41) is 9.96. The summed E-state index contributed by atoms with van der Waals surface area (Å²) in [4.78, 5) is 25.7. The molecule has 3 heterocycles. The average molecular weight is 332 g/mol. The molecular formula is C16H20N4O2S. The summed E-state index contributed by atoms with van der Waals surface area (Å²) in [6.07, 6.45) is 3.44. The normalized spacial score (nSPS) is 17.8. The fourth-order valence-corrected chi connectivity index (χ4v) is 3.45. The minimum atomic E-state index is -0.115. The Morgan fingerprint density at radius 3 is 2.65 bits per heavy atom. The van der Waals surface area contributed by atoms with Crippen molar-refractivity contribution in [1.82, 2.24) is 19.5 Å². The average Bonchev–Trinajstić information content (AvgIpc) is 2.54. The quantitative estimate of drug-likeness (QED) is 0.843. The predicted octanol–water partition coefficient (Wildman–Crippen LogP) is 1.71. The van der Waals surface area contributed by atoms with Gasteiger partial charge in [0.1, 0.15) is 5.82 Å². The number of hydrogen-bond acceptors (Lipinski definition) is 6. The molecule has 0 radical (unpaired) electrons. The second-order valence-electron chi connectivity index (χ2n) is 6.78. The number of aliphatic hydroxyl groups excluding tert-OH is 1. The van der Waals surface area contributed by atoms with Gasteiger partial charge in [-0.3, -0.25) is 9.36 Å². The van der Waals surface area contributed by atoms with Crippen molar-refractivity contribution in [2.45, 2.75) is 37.9 Å². The number of aliphatic hydroxyl groups is 1. The SMILES string of the molecule is CC(C)(C)c1ncc(-c2cc(=O)n3c(n2)SCC(CO)C3)cn1. The van der Waals surface area contributed by atoms with Crippen molar-refractivity contribution >= 4 is 11.8 Å². The third kappa shape index (κ3) is 3.30. The van der Waals surface area contributed by atoms with Gasteiger partial charge in [0.25, 0.3) is 5.56 Å². The number of rotatable bonds is 2. The van der Waals surface area contributed by atoms with Crippen molar-refractivity contribution in [3.05, 3.63) is 34.6 Å². The zero-order valence-electron chi connectivity index (χ0n) is 13.5. The van der Waals surface area contributed by atoms with E-state index in [4.69, 9.17) is 0 Å². The Kier molecular flexibility index (Phi) is 4.25. The van der Waals surface area contributed by atoms with Crippen LogP contribution in [0.4, 0.5) is 0 Å². The first-order chi connectivity index (χ1) is 10.9. The first kappa shape index (κ1) is 16.1. The lowest BCUT2D eigenvalue weighted by Crippen LogP contribution is -2.32. The highest BCUT2D eigenvalue weighted by Gasteiger charge is 2.22. The lowest BCUT2D eigenvalue weighted by Gasteiger charge is -2.23. The first-order valence-corrected chi connectivity index (χ1v) is 8.55. The molecule has 1 aliphatic rings. The van der Waals surface area contributed by atoms with E-state index in [2.05, 4.69) is 35.7 Å². The molecule has 1 N–H and O–H groups in total. The van der Waals surface area contributed by atoms with Crippen LogP contribution in [0, 0.1) is 5.92 Å². The van der Waals surface area contributed by atoms with Gasteiger partial charge >= 0.3 is 0 Å². The van der Waals surface area contributed by atoms with Gasteiger partial charge in [-0.25, -0.2) is 15.0 Å². The highest BCUT2D eigenvalue weighted by Crippen LogP contribution is 2.27. The zero-order valence-corrected chi connectivity index (χ0v) is 14.3. The molecular weight excluding hydrogens is 312 g/mol. The molecule has 2 aromatic rings. The lowest BCUT2D eigenvalue weighted by molar-refractivity contribution is 0.217. The molecule has 0 aromatic carbocycles. The standard InChI is InChI=1S/C16H20N4O2S/c1-16(2,3)14-17-5-11(6-18-14)12-4-13(22)20-7-10(8-21)9-23-15(20)19-12/h4-6,10,21H,7-9H2,1-3H3. The Balaban J connectivity index is 1.96. The Labute approximate surface area is 139 Å².